The van der Waals surface area contributed by atoms with Crippen LogP contribution in [0.5, 0.6) is 0 Å². The highest BCUT2D eigenvalue weighted by Crippen LogP contribution is 2.06. The van der Waals surface area contributed by atoms with E-state index in [1.165, 1.54) is 26.2 Å². The molecule has 1 rings (SSSR count). The number of hydrogen-bond donors (Lipinski definition) is 2. The van der Waals surface area contributed by atoms with Crippen molar-refractivity contribution in [2.45, 2.75) is 39.3 Å². The lowest BCUT2D eigenvalue weighted by molar-refractivity contribution is 0.102. The van der Waals surface area contributed by atoms with Crippen molar-refractivity contribution in [2.75, 3.05) is 45.9 Å². The summed E-state index contributed by atoms with van der Waals surface area (Å²) in [5, 5.41) is 12.5. The molecule has 1 fully saturated rings. The Morgan fingerprint density at radius 3 is 2.29 bits per heavy atom. The van der Waals surface area contributed by atoms with Gasteiger partial charge in [-0.2, -0.15) is 0 Å². The first-order valence-corrected chi connectivity index (χ1v) is 6.98. The van der Waals surface area contributed by atoms with E-state index >= 15 is 0 Å². The Bertz CT molecular complexity index is 191. The quantitative estimate of drug-likeness (QED) is 0.678. The highest BCUT2D eigenvalue weighted by atomic mass is 16.3. The maximum Gasteiger partial charge on any atom is 0.0585 e. The van der Waals surface area contributed by atoms with E-state index in [2.05, 4.69) is 35.9 Å². The van der Waals surface area contributed by atoms with E-state index in [9.17, 15) is 5.11 Å². The van der Waals surface area contributed by atoms with Crippen molar-refractivity contribution in [3.63, 3.8) is 0 Å². The molecule has 1 saturated heterocycles. The zero-order valence-electron chi connectivity index (χ0n) is 11.7. The van der Waals surface area contributed by atoms with Gasteiger partial charge in [-0.3, -0.25) is 4.90 Å². The number of aliphatic hydroxyl groups excluding tert-OH is 1. The van der Waals surface area contributed by atoms with Crippen molar-refractivity contribution < 1.29 is 5.11 Å². The van der Waals surface area contributed by atoms with Gasteiger partial charge in [-0.25, -0.2) is 0 Å². The first-order valence-electron chi connectivity index (χ1n) is 6.98. The van der Waals surface area contributed by atoms with Gasteiger partial charge in [0.25, 0.3) is 0 Å². The Morgan fingerprint density at radius 1 is 1.18 bits per heavy atom. The lowest BCUT2D eigenvalue weighted by atomic mass is 10.2. The van der Waals surface area contributed by atoms with Crippen LogP contribution >= 0.6 is 0 Å². The predicted molar refractivity (Wildman–Crippen MR) is 72.3 cm³/mol. The summed E-state index contributed by atoms with van der Waals surface area (Å²) >= 11 is 0. The largest absolute Gasteiger partial charge is 0.395 e. The monoisotopic (exact) mass is 243 g/mol. The molecule has 0 aromatic carbocycles. The Morgan fingerprint density at radius 2 is 1.82 bits per heavy atom. The molecule has 1 unspecified atom stereocenters. The van der Waals surface area contributed by atoms with Crippen LogP contribution in [0.15, 0.2) is 0 Å². The van der Waals surface area contributed by atoms with Gasteiger partial charge in [0.2, 0.25) is 0 Å². The molecule has 102 valence electrons. The Kier molecular flexibility index (Phi) is 7.04. The van der Waals surface area contributed by atoms with E-state index < -0.39 is 0 Å². The number of aliphatic hydroxyl groups is 1. The van der Waals surface area contributed by atoms with Crippen LogP contribution < -0.4 is 5.32 Å². The van der Waals surface area contributed by atoms with Gasteiger partial charge in [0.15, 0.2) is 0 Å². The summed E-state index contributed by atoms with van der Waals surface area (Å²) in [5.74, 6) is 0. The summed E-state index contributed by atoms with van der Waals surface area (Å²) in [5.41, 5.74) is 0. The van der Waals surface area contributed by atoms with Crippen LogP contribution in [0.3, 0.4) is 0 Å². The lowest BCUT2D eigenvalue weighted by Crippen LogP contribution is -2.49. The van der Waals surface area contributed by atoms with E-state index in [-0.39, 0.29) is 12.6 Å². The molecule has 0 bridgehead atoms. The third kappa shape index (κ3) is 5.34. The van der Waals surface area contributed by atoms with Gasteiger partial charge >= 0.3 is 0 Å². The Labute approximate surface area is 106 Å². The molecule has 1 aliphatic rings. The number of piperazine rings is 1. The Balaban J connectivity index is 2.17. The van der Waals surface area contributed by atoms with Crippen molar-refractivity contribution in [2.24, 2.45) is 0 Å². The van der Waals surface area contributed by atoms with Gasteiger partial charge in [0.05, 0.1) is 6.61 Å². The molecular formula is C13H29N3O. The summed E-state index contributed by atoms with van der Waals surface area (Å²) in [6.07, 6.45) is 1.05. The Hall–Kier alpha value is -0.160. The van der Waals surface area contributed by atoms with Crippen molar-refractivity contribution in [3.8, 4) is 0 Å². The van der Waals surface area contributed by atoms with Gasteiger partial charge in [-0.1, -0.05) is 6.92 Å². The molecule has 0 aromatic rings. The van der Waals surface area contributed by atoms with Crippen LogP contribution in [0.2, 0.25) is 0 Å². The van der Waals surface area contributed by atoms with Crippen LogP contribution in [-0.2, 0) is 0 Å². The van der Waals surface area contributed by atoms with Crippen LogP contribution in [-0.4, -0.2) is 72.9 Å². The highest BCUT2D eigenvalue weighted by Gasteiger charge is 2.19. The van der Waals surface area contributed by atoms with E-state index in [0.717, 1.165) is 19.5 Å². The summed E-state index contributed by atoms with van der Waals surface area (Å²) in [6, 6.07) is 0.937. The van der Waals surface area contributed by atoms with E-state index in [0.29, 0.717) is 6.04 Å². The minimum atomic E-state index is 0.250. The normalized spacial score (nSPS) is 21.0. The molecule has 0 aromatic heterocycles. The average molecular weight is 243 g/mol. The second-order valence-corrected chi connectivity index (χ2v) is 5.20. The minimum absolute atomic E-state index is 0.250. The topological polar surface area (TPSA) is 38.7 Å². The van der Waals surface area contributed by atoms with Crippen LogP contribution in [0.25, 0.3) is 0 Å². The number of nitrogens with one attached hydrogen (secondary N) is 1. The summed E-state index contributed by atoms with van der Waals surface area (Å²) < 4.78 is 0. The third-order valence-electron chi connectivity index (χ3n) is 3.64. The number of rotatable bonds is 7. The zero-order valence-corrected chi connectivity index (χ0v) is 11.7. The number of likely N-dealkylation sites (N-methyl/N-ethyl adjacent to an activating group) is 1. The molecule has 0 aliphatic carbocycles. The number of nitrogens with zero attached hydrogens (tertiary/aromatic N) is 2. The first kappa shape index (κ1) is 14.9. The molecular weight excluding hydrogens is 214 g/mol. The fourth-order valence-corrected chi connectivity index (χ4v) is 2.39. The molecule has 0 amide bonds. The van der Waals surface area contributed by atoms with Crippen molar-refractivity contribution >= 4 is 0 Å². The number of hydrogen-bond acceptors (Lipinski definition) is 4. The zero-order chi connectivity index (χ0) is 12.7. The minimum Gasteiger partial charge on any atom is -0.395 e. The molecule has 1 aliphatic heterocycles. The van der Waals surface area contributed by atoms with Gasteiger partial charge in [-0.05, 0) is 33.4 Å². The predicted octanol–water partition coefficient (Wildman–Crippen LogP) is 0.373. The summed E-state index contributed by atoms with van der Waals surface area (Å²) in [6.45, 7) is 13.6. The molecule has 4 heteroatoms. The smallest absolute Gasteiger partial charge is 0.0585 e. The van der Waals surface area contributed by atoms with Crippen LogP contribution in [0.4, 0.5) is 0 Å². The van der Waals surface area contributed by atoms with E-state index in [1.807, 2.05) is 0 Å². The lowest BCUT2D eigenvalue weighted by Gasteiger charge is -2.37. The van der Waals surface area contributed by atoms with Crippen LogP contribution in [0, 0.1) is 0 Å². The van der Waals surface area contributed by atoms with Gasteiger partial charge in [0.1, 0.15) is 0 Å². The van der Waals surface area contributed by atoms with E-state index in [1.54, 1.807) is 0 Å². The highest BCUT2D eigenvalue weighted by molar-refractivity contribution is 4.76. The molecule has 0 radical (unpaired) electrons. The fraction of sp³-hybridized carbons (Fsp3) is 1.00. The average Bonchev–Trinajstić information content (AvgIpc) is 2.35. The summed E-state index contributed by atoms with van der Waals surface area (Å²) in [4.78, 5) is 5.04. The second-order valence-electron chi connectivity index (χ2n) is 5.20. The molecule has 1 heterocycles. The molecule has 2 N–H and O–H groups in total. The molecule has 1 atom stereocenters. The fourth-order valence-electron chi connectivity index (χ4n) is 2.39. The molecule has 0 saturated carbocycles. The molecule has 0 spiro atoms. The van der Waals surface area contributed by atoms with Gasteiger partial charge in [-0.15, -0.1) is 0 Å². The van der Waals surface area contributed by atoms with Gasteiger partial charge in [0, 0.05) is 38.3 Å². The standard InChI is InChI=1S/C13H29N3O/c1-4-14-13(11-17)5-6-15-7-9-16(10-8-15)12(2)3/h12-14,17H,4-11H2,1-3H3. The maximum absolute atomic E-state index is 9.21. The maximum atomic E-state index is 9.21. The van der Waals surface area contributed by atoms with Crippen molar-refractivity contribution in [3.05, 3.63) is 0 Å². The van der Waals surface area contributed by atoms with E-state index in [4.69, 9.17) is 0 Å². The van der Waals surface area contributed by atoms with Gasteiger partial charge < -0.3 is 15.3 Å². The third-order valence-corrected chi connectivity index (χ3v) is 3.64. The molecule has 17 heavy (non-hydrogen) atoms. The van der Waals surface area contributed by atoms with Crippen molar-refractivity contribution in [1.29, 1.82) is 0 Å². The molecule has 4 nitrogen and oxygen atoms in total. The second kappa shape index (κ2) is 8.03. The summed E-state index contributed by atoms with van der Waals surface area (Å²) in [7, 11) is 0. The SMILES string of the molecule is CCNC(CO)CCN1CCN(C(C)C)CC1. The van der Waals surface area contributed by atoms with Crippen LogP contribution in [0.1, 0.15) is 27.2 Å². The van der Waals surface area contributed by atoms with Crippen molar-refractivity contribution in [1.82, 2.24) is 15.1 Å². The first-order chi connectivity index (χ1) is 8.17.